The largest absolute Gasteiger partial charge is 0.507 e. The molecule has 0 radical (unpaired) electrons. The summed E-state index contributed by atoms with van der Waals surface area (Å²) in [7, 11) is 0. The van der Waals surface area contributed by atoms with Crippen molar-refractivity contribution in [3.05, 3.63) is 116 Å². The quantitative estimate of drug-likeness (QED) is 0.178. The number of morpholine rings is 1. The van der Waals surface area contributed by atoms with Gasteiger partial charge in [0.2, 0.25) is 11.8 Å². The van der Waals surface area contributed by atoms with Crippen LogP contribution in [0.25, 0.3) is 0 Å². The van der Waals surface area contributed by atoms with Gasteiger partial charge < -0.3 is 19.2 Å². The predicted molar refractivity (Wildman–Crippen MR) is 168 cm³/mol. The first-order chi connectivity index (χ1) is 20.3. The average molecular weight is 584 g/mol. The van der Waals surface area contributed by atoms with E-state index >= 15 is 0 Å². The van der Waals surface area contributed by atoms with Gasteiger partial charge >= 0.3 is 0 Å². The standard InChI is InChI=1S/C35H41N3O5/c1-34(2,3)27-21-25(22-28(31(27)39)35(4,5)6)30(24-12-14-26(15-13-24)38(40)41)32-36-29(20-23-10-8-7-9-11-23)33(43-32)37-16-18-42-19-17-37/h7-15,21-22,30,39H,16-20H2,1-6H3. The third-order valence-electron chi connectivity index (χ3n) is 7.97. The Labute approximate surface area is 253 Å². The molecule has 1 unspecified atom stereocenters. The van der Waals surface area contributed by atoms with Crippen LogP contribution < -0.4 is 4.90 Å². The SMILES string of the molecule is CC(C)(C)c1cc(C(c2ccc([N+](=O)[O-])cc2)c2nc(Cc3ccccc3)c(N3CCOCC3)o2)cc(C(C)(C)C)c1O. The maximum atomic E-state index is 11.5. The fourth-order valence-electron chi connectivity index (χ4n) is 5.64. The number of rotatable bonds is 7. The Morgan fingerprint density at radius 1 is 0.907 bits per heavy atom. The van der Waals surface area contributed by atoms with Crippen LogP contribution in [0.2, 0.25) is 0 Å². The minimum atomic E-state index is -0.465. The second-order valence-electron chi connectivity index (χ2n) is 13.3. The van der Waals surface area contributed by atoms with Gasteiger partial charge in [-0.2, -0.15) is 0 Å². The van der Waals surface area contributed by atoms with E-state index in [1.807, 2.05) is 30.3 Å². The molecule has 0 spiro atoms. The van der Waals surface area contributed by atoms with Gasteiger partial charge in [-0.15, -0.1) is 0 Å². The molecule has 1 aliphatic rings. The van der Waals surface area contributed by atoms with Crippen LogP contribution in [-0.2, 0) is 22.0 Å². The van der Waals surface area contributed by atoms with Gasteiger partial charge in [0.1, 0.15) is 11.4 Å². The maximum Gasteiger partial charge on any atom is 0.269 e. The lowest BCUT2D eigenvalue weighted by Gasteiger charge is -2.29. The number of phenolic OH excluding ortho intramolecular Hbond substituents is 1. The molecule has 43 heavy (non-hydrogen) atoms. The molecule has 0 aliphatic carbocycles. The molecular weight excluding hydrogens is 542 g/mol. The molecule has 1 aromatic heterocycles. The van der Waals surface area contributed by atoms with Crippen LogP contribution in [0.1, 0.15) is 86.9 Å². The zero-order chi connectivity index (χ0) is 30.9. The third-order valence-corrected chi connectivity index (χ3v) is 7.97. The Morgan fingerprint density at radius 3 is 2.02 bits per heavy atom. The zero-order valence-corrected chi connectivity index (χ0v) is 25.9. The van der Waals surface area contributed by atoms with E-state index in [0.717, 1.165) is 39.4 Å². The number of nitrogens with zero attached hydrogens (tertiary/aromatic N) is 3. The fraction of sp³-hybridized carbons (Fsp3) is 0.400. The van der Waals surface area contributed by atoms with Gasteiger partial charge in [0.05, 0.1) is 24.1 Å². The number of nitro groups is 1. The average Bonchev–Trinajstić information content (AvgIpc) is 3.37. The number of nitro benzene ring substituents is 1. The smallest absolute Gasteiger partial charge is 0.269 e. The van der Waals surface area contributed by atoms with Gasteiger partial charge in [-0.3, -0.25) is 10.1 Å². The van der Waals surface area contributed by atoms with Crippen molar-refractivity contribution in [3.63, 3.8) is 0 Å². The van der Waals surface area contributed by atoms with Crippen LogP contribution in [0, 0.1) is 10.1 Å². The number of hydrogen-bond donors (Lipinski definition) is 1. The Kier molecular flexibility index (Phi) is 8.34. The second kappa shape index (κ2) is 11.8. The molecule has 1 aliphatic heterocycles. The second-order valence-corrected chi connectivity index (χ2v) is 13.3. The number of oxazole rings is 1. The monoisotopic (exact) mass is 583 g/mol. The van der Waals surface area contributed by atoms with Crippen molar-refractivity contribution in [2.45, 2.75) is 64.7 Å². The highest BCUT2D eigenvalue weighted by Crippen LogP contribution is 2.44. The molecule has 226 valence electrons. The number of phenols is 1. The molecule has 8 nitrogen and oxygen atoms in total. The molecule has 1 saturated heterocycles. The lowest BCUT2D eigenvalue weighted by atomic mass is 9.76. The minimum absolute atomic E-state index is 0.0187. The van der Waals surface area contributed by atoms with Gasteiger partial charge in [0.15, 0.2) is 0 Å². The van der Waals surface area contributed by atoms with E-state index < -0.39 is 10.8 Å². The van der Waals surface area contributed by atoms with Crippen molar-refractivity contribution in [3.8, 4) is 5.75 Å². The Morgan fingerprint density at radius 2 is 1.49 bits per heavy atom. The van der Waals surface area contributed by atoms with Crippen molar-refractivity contribution in [2.24, 2.45) is 0 Å². The number of hydrogen-bond acceptors (Lipinski definition) is 7. The highest BCUT2D eigenvalue weighted by molar-refractivity contribution is 5.54. The summed E-state index contributed by atoms with van der Waals surface area (Å²) in [5.74, 6) is 1.05. The van der Waals surface area contributed by atoms with Crippen LogP contribution in [0.15, 0.2) is 71.1 Å². The zero-order valence-electron chi connectivity index (χ0n) is 25.9. The summed E-state index contributed by atoms with van der Waals surface area (Å²) in [6, 6.07) is 20.9. The van der Waals surface area contributed by atoms with Crippen molar-refractivity contribution < 1.29 is 19.2 Å². The van der Waals surface area contributed by atoms with E-state index in [4.69, 9.17) is 14.1 Å². The van der Waals surface area contributed by atoms with Gasteiger partial charge in [0, 0.05) is 31.6 Å². The van der Waals surface area contributed by atoms with Gasteiger partial charge in [0.25, 0.3) is 5.69 Å². The first-order valence-corrected chi connectivity index (χ1v) is 14.8. The lowest BCUT2D eigenvalue weighted by molar-refractivity contribution is -0.384. The summed E-state index contributed by atoms with van der Waals surface area (Å²) < 4.78 is 12.3. The molecule has 0 saturated carbocycles. The highest BCUT2D eigenvalue weighted by Gasteiger charge is 2.33. The van der Waals surface area contributed by atoms with E-state index in [1.54, 1.807) is 12.1 Å². The first kappa shape index (κ1) is 30.3. The minimum Gasteiger partial charge on any atom is -0.507 e. The Bertz CT molecular complexity index is 1540. The molecule has 1 atom stereocenters. The van der Waals surface area contributed by atoms with E-state index in [1.165, 1.54) is 12.1 Å². The number of aromatic hydroxyl groups is 1. The van der Waals surface area contributed by atoms with E-state index in [-0.39, 0.29) is 22.3 Å². The summed E-state index contributed by atoms with van der Waals surface area (Å²) in [5, 5.41) is 23.0. The Hall–Kier alpha value is -4.17. The highest BCUT2D eigenvalue weighted by atomic mass is 16.6. The molecule has 2 heterocycles. The molecule has 5 rings (SSSR count). The van der Waals surface area contributed by atoms with Crippen molar-refractivity contribution in [1.82, 2.24) is 4.98 Å². The summed E-state index contributed by atoms with van der Waals surface area (Å²) in [6.07, 6.45) is 0.597. The van der Waals surface area contributed by atoms with Crippen LogP contribution in [-0.4, -0.2) is 41.3 Å². The first-order valence-electron chi connectivity index (χ1n) is 14.8. The Balaban J connectivity index is 1.74. The van der Waals surface area contributed by atoms with Crippen molar-refractivity contribution >= 4 is 11.6 Å². The molecule has 8 heteroatoms. The predicted octanol–water partition coefficient (Wildman–Crippen LogP) is 7.49. The summed E-state index contributed by atoms with van der Waals surface area (Å²) in [4.78, 5) is 18.4. The summed E-state index contributed by atoms with van der Waals surface area (Å²) in [5.41, 5.74) is 4.67. The van der Waals surface area contributed by atoms with Gasteiger partial charge in [-0.1, -0.05) is 96.1 Å². The van der Waals surface area contributed by atoms with Crippen LogP contribution in [0.5, 0.6) is 5.75 Å². The number of benzene rings is 3. The van der Waals surface area contributed by atoms with Crippen LogP contribution in [0.4, 0.5) is 11.6 Å². The fourth-order valence-corrected chi connectivity index (χ4v) is 5.64. The molecule has 3 aromatic carbocycles. The summed E-state index contributed by atoms with van der Waals surface area (Å²) in [6.45, 7) is 15.1. The molecule has 4 aromatic rings. The van der Waals surface area contributed by atoms with Gasteiger partial charge in [-0.25, -0.2) is 4.98 Å². The molecule has 0 bridgehead atoms. The number of anilines is 1. The molecular formula is C35H41N3O5. The molecule has 1 N–H and O–H groups in total. The van der Waals surface area contributed by atoms with Gasteiger partial charge in [-0.05, 0) is 38.6 Å². The number of aromatic nitrogens is 1. The van der Waals surface area contributed by atoms with E-state index in [9.17, 15) is 15.2 Å². The van der Waals surface area contributed by atoms with E-state index in [2.05, 4.69) is 58.6 Å². The molecule has 0 amide bonds. The summed E-state index contributed by atoms with van der Waals surface area (Å²) >= 11 is 0. The normalized spacial score (nSPS) is 15.0. The molecule has 1 fully saturated rings. The maximum absolute atomic E-state index is 11.5. The van der Waals surface area contributed by atoms with Crippen LogP contribution >= 0.6 is 0 Å². The van der Waals surface area contributed by atoms with Crippen molar-refractivity contribution in [2.75, 3.05) is 31.2 Å². The number of ether oxygens (including phenoxy) is 1. The topological polar surface area (TPSA) is 102 Å². The van der Waals surface area contributed by atoms with E-state index in [0.29, 0.717) is 38.6 Å². The number of non-ortho nitro benzene ring substituents is 1. The van der Waals surface area contributed by atoms with Crippen LogP contribution in [0.3, 0.4) is 0 Å². The third kappa shape index (κ3) is 6.59. The van der Waals surface area contributed by atoms with Crippen molar-refractivity contribution in [1.29, 1.82) is 0 Å². The lowest BCUT2D eigenvalue weighted by Crippen LogP contribution is -2.36.